The number of amides is 2. The topological polar surface area (TPSA) is 62.3 Å². The Hall–Kier alpha value is -2.99. The summed E-state index contributed by atoms with van der Waals surface area (Å²) in [5.74, 6) is -0.484. The fraction of sp³-hybridized carbons (Fsp3) is 0.150. The van der Waals surface area contributed by atoms with Gasteiger partial charge in [-0.15, -0.1) is 17.9 Å². The molecule has 6 heteroatoms. The van der Waals surface area contributed by atoms with Crippen molar-refractivity contribution in [3.05, 3.63) is 71.8 Å². The van der Waals surface area contributed by atoms with Gasteiger partial charge >= 0.3 is 0 Å². The molecule has 26 heavy (non-hydrogen) atoms. The van der Waals surface area contributed by atoms with Gasteiger partial charge in [-0.05, 0) is 23.8 Å². The number of anilines is 1. The van der Waals surface area contributed by atoms with Gasteiger partial charge in [-0.2, -0.15) is 0 Å². The highest BCUT2D eigenvalue weighted by atomic mass is 32.1. The van der Waals surface area contributed by atoms with Crippen LogP contribution in [0.3, 0.4) is 0 Å². The number of benzene rings is 2. The summed E-state index contributed by atoms with van der Waals surface area (Å²) in [6.07, 6.45) is 3.31. The molecular formula is C20H19N3O2S. The summed E-state index contributed by atoms with van der Waals surface area (Å²) in [6, 6.07) is 13.3. The predicted octanol–water partition coefficient (Wildman–Crippen LogP) is 3.87. The maximum Gasteiger partial charge on any atom is 0.255 e. The van der Waals surface area contributed by atoms with Crippen molar-refractivity contribution in [3.8, 4) is 0 Å². The van der Waals surface area contributed by atoms with Crippen molar-refractivity contribution in [2.75, 3.05) is 18.4 Å². The Morgan fingerprint density at radius 1 is 1.23 bits per heavy atom. The molecule has 0 saturated carbocycles. The molecule has 0 saturated heterocycles. The Labute approximate surface area is 156 Å². The first-order valence-electron chi connectivity index (χ1n) is 8.18. The van der Waals surface area contributed by atoms with Crippen LogP contribution in [0.2, 0.25) is 0 Å². The number of nitrogens with one attached hydrogen (secondary N) is 1. The fourth-order valence-corrected chi connectivity index (χ4v) is 3.38. The molecular weight excluding hydrogens is 346 g/mol. The minimum absolute atomic E-state index is 0.0628. The molecule has 0 unspecified atom stereocenters. The summed E-state index contributed by atoms with van der Waals surface area (Å²) in [4.78, 5) is 32.0. The summed E-state index contributed by atoms with van der Waals surface area (Å²) in [7, 11) is 0. The van der Waals surface area contributed by atoms with Crippen molar-refractivity contribution in [2.45, 2.75) is 6.92 Å². The van der Waals surface area contributed by atoms with E-state index in [4.69, 9.17) is 0 Å². The van der Waals surface area contributed by atoms with Gasteiger partial charge in [0.25, 0.3) is 5.91 Å². The van der Waals surface area contributed by atoms with E-state index in [2.05, 4.69) is 16.9 Å². The van der Waals surface area contributed by atoms with E-state index in [0.29, 0.717) is 10.7 Å². The first-order chi connectivity index (χ1) is 12.6. The van der Waals surface area contributed by atoms with Crippen LogP contribution in [0, 0.1) is 6.92 Å². The Bertz CT molecular complexity index is 959. The molecule has 132 valence electrons. The average molecular weight is 365 g/mol. The van der Waals surface area contributed by atoms with Gasteiger partial charge in [0.1, 0.15) is 6.54 Å². The zero-order valence-electron chi connectivity index (χ0n) is 14.4. The van der Waals surface area contributed by atoms with Gasteiger partial charge in [0.05, 0.1) is 0 Å². The van der Waals surface area contributed by atoms with Crippen molar-refractivity contribution in [1.82, 2.24) is 9.88 Å². The van der Waals surface area contributed by atoms with Crippen LogP contribution in [0.5, 0.6) is 0 Å². The smallest absolute Gasteiger partial charge is 0.255 e. The zero-order chi connectivity index (χ0) is 18.5. The maximum atomic E-state index is 13.0. The lowest BCUT2D eigenvalue weighted by Crippen LogP contribution is -2.38. The third-order valence-corrected chi connectivity index (χ3v) is 4.69. The molecule has 1 heterocycles. The molecule has 1 aromatic heterocycles. The molecule has 2 aromatic carbocycles. The summed E-state index contributed by atoms with van der Waals surface area (Å²) in [5, 5.41) is 5.12. The third kappa shape index (κ3) is 3.97. The quantitative estimate of drug-likeness (QED) is 0.675. The first kappa shape index (κ1) is 17.8. The first-order valence-corrected chi connectivity index (χ1v) is 9.00. The second-order valence-electron chi connectivity index (χ2n) is 5.83. The minimum Gasteiger partial charge on any atom is -0.326 e. The molecule has 5 nitrogen and oxygen atoms in total. The van der Waals surface area contributed by atoms with Gasteiger partial charge in [-0.25, -0.2) is 4.98 Å². The normalized spacial score (nSPS) is 10.5. The molecule has 0 bridgehead atoms. The number of rotatable bonds is 6. The van der Waals surface area contributed by atoms with Gasteiger partial charge in [-0.1, -0.05) is 42.5 Å². The largest absolute Gasteiger partial charge is 0.326 e. The monoisotopic (exact) mass is 365 g/mol. The van der Waals surface area contributed by atoms with E-state index in [1.54, 1.807) is 18.3 Å². The van der Waals surface area contributed by atoms with Crippen molar-refractivity contribution < 1.29 is 9.59 Å². The van der Waals surface area contributed by atoms with E-state index < -0.39 is 0 Å². The SMILES string of the molecule is C=CCN(CC(=O)Nc1ncc(C)s1)C(=O)c1cccc2ccccc12. The number of carbonyl (C=O) groups is 2. The number of carbonyl (C=O) groups excluding carboxylic acids is 2. The number of aromatic nitrogens is 1. The van der Waals surface area contributed by atoms with Gasteiger partial charge < -0.3 is 10.2 Å². The van der Waals surface area contributed by atoms with E-state index in [1.807, 2.05) is 43.3 Å². The van der Waals surface area contributed by atoms with E-state index >= 15 is 0 Å². The molecule has 0 aliphatic heterocycles. The zero-order valence-corrected chi connectivity index (χ0v) is 15.3. The Balaban J connectivity index is 1.81. The summed E-state index contributed by atoms with van der Waals surface area (Å²) in [5.41, 5.74) is 0.572. The molecule has 2 amide bonds. The Kier molecular flexibility index (Phi) is 5.43. The van der Waals surface area contributed by atoms with E-state index in [9.17, 15) is 9.59 Å². The summed E-state index contributed by atoms with van der Waals surface area (Å²) >= 11 is 1.40. The standard InChI is InChI=1S/C20H19N3O2S/c1-3-11-23(13-18(24)22-20-21-12-14(2)26-20)19(25)17-10-6-8-15-7-4-5-9-16(15)17/h3-10,12H,1,11,13H2,2H3,(H,21,22,24). The van der Waals surface area contributed by atoms with Crippen molar-refractivity contribution in [2.24, 2.45) is 0 Å². The van der Waals surface area contributed by atoms with Crippen LogP contribution in [-0.4, -0.2) is 34.8 Å². The van der Waals surface area contributed by atoms with Crippen molar-refractivity contribution in [3.63, 3.8) is 0 Å². The lowest BCUT2D eigenvalue weighted by Gasteiger charge is -2.21. The fourth-order valence-electron chi connectivity index (χ4n) is 2.70. The Morgan fingerprint density at radius 3 is 2.73 bits per heavy atom. The highest BCUT2D eigenvalue weighted by Gasteiger charge is 2.20. The second-order valence-corrected chi connectivity index (χ2v) is 7.06. The average Bonchev–Trinajstić information content (AvgIpc) is 3.05. The van der Waals surface area contributed by atoms with Gasteiger partial charge in [0, 0.05) is 23.2 Å². The van der Waals surface area contributed by atoms with Crippen molar-refractivity contribution in [1.29, 1.82) is 0 Å². The van der Waals surface area contributed by atoms with E-state index in [1.165, 1.54) is 16.2 Å². The minimum atomic E-state index is -0.283. The van der Waals surface area contributed by atoms with Crippen LogP contribution in [0.15, 0.2) is 61.3 Å². The number of hydrogen-bond donors (Lipinski definition) is 1. The lowest BCUT2D eigenvalue weighted by atomic mass is 10.0. The van der Waals surface area contributed by atoms with Crippen LogP contribution < -0.4 is 5.32 Å². The van der Waals surface area contributed by atoms with Crippen LogP contribution in [0.1, 0.15) is 15.2 Å². The number of thiazole rings is 1. The lowest BCUT2D eigenvalue weighted by molar-refractivity contribution is -0.116. The molecule has 0 spiro atoms. The van der Waals surface area contributed by atoms with Gasteiger partial charge in [0.15, 0.2) is 5.13 Å². The maximum absolute atomic E-state index is 13.0. The molecule has 0 fully saturated rings. The predicted molar refractivity (Wildman–Crippen MR) is 106 cm³/mol. The summed E-state index contributed by atoms with van der Waals surface area (Å²) in [6.45, 7) is 5.84. The molecule has 0 aliphatic carbocycles. The molecule has 0 aliphatic rings. The Morgan fingerprint density at radius 2 is 2.00 bits per heavy atom. The highest BCUT2D eigenvalue weighted by molar-refractivity contribution is 7.15. The highest BCUT2D eigenvalue weighted by Crippen LogP contribution is 2.20. The number of fused-ring (bicyclic) bond motifs is 1. The van der Waals surface area contributed by atoms with Crippen LogP contribution >= 0.6 is 11.3 Å². The third-order valence-electron chi connectivity index (χ3n) is 3.86. The van der Waals surface area contributed by atoms with E-state index in [0.717, 1.165) is 15.6 Å². The molecule has 0 atom stereocenters. The van der Waals surface area contributed by atoms with Gasteiger partial charge in [0.2, 0.25) is 5.91 Å². The number of aryl methyl sites for hydroxylation is 1. The molecule has 3 rings (SSSR count). The molecule has 0 radical (unpaired) electrons. The van der Waals surface area contributed by atoms with E-state index in [-0.39, 0.29) is 24.9 Å². The number of hydrogen-bond acceptors (Lipinski definition) is 4. The van der Waals surface area contributed by atoms with Crippen LogP contribution in [0.25, 0.3) is 10.8 Å². The second kappa shape index (κ2) is 7.93. The summed E-state index contributed by atoms with van der Waals surface area (Å²) < 4.78 is 0. The molecule has 3 aromatic rings. The number of nitrogens with zero attached hydrogens (tertiary/aromatic N) is 2. The van der Waals surface area contributed by atoms with Crippen LogP contribution in [0.4, 0.5) is 5.13 Å². The van der Waals surface area contributed by atoms with Crippen molar-refractivity contribution >= 4 is 39.1 Å². The molecule has 1 N–H and O–H groups in total. The van der Waals surface area contributed by atoms with Crippen LogP contribution in [-0.2, 0) is 4.79 Å². The van der Waals surface area contributed by atoms with Gasteiger partial charge in [-0.3, -0.25) is 9.59 Å².